The van der Waals surface area contributed by atoms with E-state index in [1.807, 2.05) is 12.1 Å². The number of benzene rings is 1. The first-order valence-corrected chi connectivity index (χ1v) is 7.90. The second-order valence-electron chi connectivity index (χ2n) is 5.18. The molecule has 118 valence electrons. The summed E-state index contributed by atoms with van der Waals surface area (Å²) in [7, 11) is 0. The number of likely N-dealkylation sites (tertiary alicyclic amines) is 1. The molecule has 1 amide bonds. The Hall–Kier alpha value is -1.81. The molecular weight excluding hydrogens is 302 g/mol. The van der Waals surface area contributed by atoms with Crippen LogP contribution in [0, 0.1) is 0 Å². The molecule has 0 radical (unpaired) electrons. The molecule has 0 spiro atoms. The highest BCUT2D eigenvalue weighted by Gasteiger charge is 2.32. The Morgan fingerprint density at radius 1 is 1.41 bits per heavy atom. The maximum absolute atomic E-state index is 12.4. The van der Waals surface area contributed by atoms with Crippen LogP contribution in [-0.4, -0.2) is 36.0 Å². The molecule has 1 aliphatic rings. The number of hydrogen-bond acceptors (Lipinski definition) is 3. The van der Waals surface area contributed by atoms with Gasteiger partial charge in [-0.2, -0.15) is 0 Å². The first-order valence-electron chi connectivity index (χ1n) is 7.52. The van der Waals surface area contributed by atoms with Crippen molar-refractivity contribution in [3.8, 4) is 0 Å². The van der Waals surface area contributed by atoms with Gasteiger partial charge in [-0.05, 0) is 50.0 Å². The fraction of sp³-hybridized carbons (Fsp3) is 0.412. The number of carbonyl (C=O) groups is 2. The van der Waals surface area contributed by atoms with E-state index < -0.39 is 6.04 Å². The molecule has 0 aliphatic carbocycles. The molecule has 1 atom stereocenters. The fourth-order valence-corrected chi connectivity index (χ4v) is 2.75. The Kier molecular flexibility index (Phi) is 6.01. The molecule has 1 fully saturated rings. The molecule has 1 aliphatic heterocycles. The molecule has 0 N–H and O–H groups in total. The van der Waals surface area contributed by atoms with Crippen molar-refractivity contribution in [1.29, 1.82) is 0 Å². The third kappa shape index (κ3) is 4.34. The van der Waals surface area contributed by atoms with E-state index in [9.17, 15) is 9.59 Å². The predicted molar refractivity (Wildman–Crippen MR) is 86.5 cm³/mol. The number of esters is 1. The molecule has 1 heterocycles. The van der Waals surface area contributed by atoms with Gasteiger partial charge in [-0.25, -0.2) is 4.79 Å². The van der Waals surface area contributed by atoms with E-state index in [1.165, 1.54) is 6.08 Å². The van der Waals surface area contributed by atoms with E-state index in [4.69, 9.17) is 16.3 Å². The average molecular weight is 322 g/mol. The summed E-state index contributed by atoms with van der Waals surface area (Å²) in [4.78, 5) is 25.9. The summed E-state index contributed by atoms with van der Waals surface area (Å²) >= 11 is 5.92. The van der Waals surface area contributed by atoms with Gasteiger partial charge in [0.05, 0.1) is 6.61 Å². The van der Waals surface area contributed by atoms with Gasteiger partial charge in [-0.15, -0.1) is 0 Å². The summed E-state index contributed by atoms with van der Waals surface area (Å²) in [5.41, 5.74) is 0.852. The van der Waals surface area contributed by atoms with Crippen LogP contribution in [0.4, 0.5) is 0 Å². The lowest BCUT2D eigenvalue weighted by Gasteiger charge is -2.33. The Bertz CT molecular complexity index is 571. The van der Waals surface area contributed by atoms with Gasteiger partial charge in [0.2, 0.25) is 5.91 Å². The van der Waals surface area contributed by atoms with Crippen LogP contribution < -0.4 is 0 Å². The summed E-state index contributed by atoms with van der Waals surface area (Å²) in [6.07, 6.45) is 5.71. The number of rotatable bonds is 4. The molecule has 1 unspecified atom stereocenters. The van der Waals surface area contributed by atoms with Crippen molar-refractivity contribution in [3.63, 3.8) is 0 Å². The third-order valence-electron chi connectivity index (χ3n) is 3.61. The van der Waals surface area contributed by atoms with Gasteiger partial charge >= 0.3 is 5.97 Å². The second kappa shape index (κ2) is 7.99. The quantitative estimate of drug-likeness (QED) is 0.631. The van der Waals surface area contributed by atoms with E-state index in [-0.39, 0.29) is 11.9 Å². The van der Waals surface area contributed by atoms with Crippen molar-refractivity contribution in [1.82, 2.24) is 4.90 Å². The van der Waals surface area contributed by atoms with Crippen LogP contribution in [0.2, 0.25) is 5.02 Å². The Morgan fingerprint density at radius 3 is 2.95 bits per heavy atom. The molecule has 22 heavy (non-hydrogen) atoms. The van der Waals surface area contributed by atoms with E-state index in [1.54, 1.807) is 30.0 Å². The molecular formula is C17H20ClNO3. The van der Waals surface area contributed by atoms with Crippen LogP contribution in [0.25, 0.3) is 6.08 Å². The summed E-state index contributed by atoms with van der Waals surface area (Å²) in [6.45, 7) is 2.68. The minimum Gasteiger partial charge on any atom is -0.464 e. The maximum atomic E-state index is 12.4. The van der Waals surface area contributed by atoms with E-state index in [0.717, 1.165) is 18.4 Å². The van der Waals surface area contributed by atoms with Crippen LogP contribution in [0.1, 0.15) is 31.7 Å². The number of halogens is 1. The second-order valence-corrected chi connectivity index (χ2v) is 5.62. The number of piperidine rings is 1. The summed E-state index contributed by atoms with van der Waals surface area (Å²) < 4.78 is 5.07. The molecule has 2 rings (SSSR count). The van der Waals surface area contributed by atoms with Crippen LogP contribution in [0.15, 0.2) is 30.3 Å². The highest BCUT2D eigenvalue weighted by molar-refractivity contribution is 6.30. The molecule has 4 nitrogen and oxygen atoms in total. The number of amides is 1. The summed E-state index contributed by atoms with van der Waals surface area (Å²) in [6, 6.07) is 6.79. The Labute approximate surface area is 135 Å². The van der Waals surface area contributed by atoms with Crippen molar-refractivity contribution in [2.75, 3.05) is 13.2 Å². The Morgan fingerprint density at radius 2 is 2.23 bits per heavy atom. The number of nitrogens with zero attached hydrogens (tertiary/aromatic N) is 1. The van der Waals surface area contributed by atoms with Crippen LogP contribution in [0.5, 0.6) is 0 Å². The molecule has 0 saturated carbocycles. The number of ether oxygens (including phenoxy) is 1. The molecule has 0 aromatic heterocycles. The van der Waals surface area contributed by atoms with Crippen molar-refractivity contribution >= 4 is 29.6 Å². The largest absolute Gasteiger partial charge is 0.464 e. The normalized spacial score (nSPS) is 18.5. The van der Waals surface area contributed by atoms with Crippen LogP contribution >= 0.6 is 11.6 Å². The van der Waals surface area contributed by atoms with Crippen molar-refractivity contribution in [3.05, 3.63) is 40.9 Å². The molecule has 1 saturated heterocycles. The zero-order valence-corrected chi connectivity index (χ0v) is 13.4. The summed E-state index contributed by atoms with van der Waals surface area (Å²) in [5, 5.41) is 0.622. The predicted octanol–water partition coefficient (Wildman–Crippen LogP) is 3.30. The van der Waals surface area contributed by atoms with Gasteiger partial charge in [0, 0.05) is 17.6 Å². The van der Waals surface area contributed by atoms with Gasteiger partial charge in [0.1, 0.15) is 6.04 Å². The molecule has 1 aromatic rings. The highest BCUT2D eigenvalue weighted by Crippen LogP contribution is 2.19. The van der Waals surface area contributed by atoms with Gasteiger partial charge in [0.25, 0.3) is 0 Å². The number of carbonyl (C=O) groups excluding carboxylic acids is 2. The third-order valence-corrected chi connectivity index (χ3v) is 3.85. The smallest absolute Gasteiger partial charge is 0.328 e. The van der Waals surface area contributed by atoms with Crippen molar-refractivity contribution in [2.45, 2.75) is 32.2 Å². The fourth-order valence-electron chi connectivity index (χ4n) is 2.55. The Balaban J connectivity index is 2.07. The van der Waals surface area contributed by atoms with Crippen molar-refractivity contribution < 1.29 is 14.3 Å². The monoisotopic (exact) mass is 321 g/mol. The topological polar surface area (TPSA) is 46.6 Å². The van der Waals surface area contributed by atoms with Gasteiger partial charge in [-0.1, -0.05) is 23.7 Å². The summed E-state index contributed by atoms with van der Waals surface area (Å²) in [5.74, 6) is -0.482. The molecule has 5 heteroatoms. The standard InChI is InChI=1S/C17H20ClNO3/c1-2-22-17(21)15-8-3-4-11-19(15)16(20)10-9-13-6-5-7-14(18)12-13/h5-7,9-10,12,15H,2-4,8,11H2,1H3/b10-9+. The average Bonchev–Trinajstić information content (AvgIpc) is 2.53. The van der Waals surface area contributed by atoms with Gasteiger partial charge in [0.15, 0.2) is 0 Å². The highest BCUT2D eigenvalue weighted by atomic mass is 35.5. The number of hydrogen-bond donors (Lipinski definition) is 0. The van der Waals surface area contributed by atoms with Crippen molar-refractivity contribution in [2.24, 2.45) is 0 Å². The molecule has 0 bridgehead atoms. The minimum atomic E-state index is -0.467. The first-order chi connectivity index (χ1) is 10.6. The van der Waals surface area contributed by atoms with Gasteiger partial charge < -0.3 is 9.64 Å². The van der Waals surface area contributed by atoms with Gasteiger partial charge in [-0.3, -0.25) is 4.79 Å². The zero-order valence-electron chi connectivity index (χ0n) is 12.6. The lowest BCUT2D eigenvalue weighted by molar-refractivity contribution is -0.155. The van der Waals surface area contributed by atoms with Crippen LogP contribution in [0.3, 0.4) is 0 Å². The van der Waals surface area contributed by atoms with Crippen LogP contribution in [-0.2, 0) is 14.3 Å². The lowest BCUT2D eigenvalue weighted by Crippen LogP contribution is -2.48. The van der Waals surface area contributed by atoms with E-state index >= 15 is 0 Å². The zero-order chi connectivity index (χ0) is 15.9. The maximum Gasteiger partial charge on any atom is 0.328 e. The van der Waals surface area contributed by atoms with E-state index in [2.05, 4.69) is 0 Å². The molecule has 1 aromatic carbocycles. The SMILES string of the molecule is CCOC(=O)C1CCCCN1C(=O)/C=C/c1cccc(Cl)c1. The van der Waals surface area contributed by atoms with E-state index in [0.29, 0.717) is 24.6 Å². The lowest BCUT2D eigenvalue weighted by atomic mass is 10.0. The minimum absolute atomic E-state index is 0.169. The first kappa shape index (κ1) is 16.6.